The fourth-order valence-corrected chi connectivity index (χ4v) is 2.29. The van der Waals surface area contributed by atoms with E-state index in [2.05, 4.69) is 24.3 Å². The van der Waals surface area contributed by atoms with Crippen molar-refractivity contribution in [3.63, 3.8) is 0 Å². The van der Waals surface area contributed by atoms with Crippen LogP contribution in [-0.2, 0) is 0 Å². The van der Waals surface area contributed by atoms with E-state index in [4.69, 9.17) is 0 Å². The van der Waals surface area contributed by atoms with Gasteiger partial charge in [0.25, 0.3) is 0 Å². The molecule has 0 aromatic carbocycles. The lowest BCUT2D eigenvalue weighted by Crippen LogP contribution is -1.82. The smallest absolute Gasteiger partial charge is 0.0348 e. The van der Waals surface area contributed by atoms with E-state index in [1.54, 1.807) is 0 Å². The van der Waals surface area contributed by atoms with Gasteiger partial charge in [0.1, 0.15) is 0 Å². The van der Waals surface area contributed by atoms with E-state index >= 15 is 0 Å². The van der Waals surface area contributed by atoms with E-state index in [9.17, 15) is 0 Å². The Labute approximate surface area is 102 Å². The molecule has 0 nitrogen and oxygen atoms in total. The third-order valence-corrected chi connectivity index (χ3v) is 3.37. The van der Waals surface area contributed by atoms with Crippen LogP contribution in [0.2, 0.25) is 0 Å². The zero-order valence-corrected chi connectivity index (χ0v) is 10.8. The molecule has 1 aliphatic rings. The standard InChI is InChI=1S/C16H28/c1-2-4-6-8-10-12-14-16-15-13-11-9-7-5-3-1/h1-4H,5-16H2/b3-1-,4-2+. The summed E-state index contributed by atoms with van der Waals surface area (Å²) < 4.78 is 0. The molecule has 0 aromatic rings. The van der Waals surface area contributed by atoms with Crippen LogP contribution in [0.15, 0.2) is 24.3 Å². The Morgan fingerprint density at radius 2 is 0.688 bits per heavy atom. The highest BCUT2D eigenvalue weighted by molar-refractivity contribution is 5.02. The second-order valence-corrected chi connectivity index (χ2v) is 4.97. The van der Waals surface area contributed by atoms with Gasteiger partial charge >= 0.3 is 0 Å². The molecule has 0 radical (unpaired) electrons. The van der Waals surface area contributed by atoms with E-state index in [-0.39, 0.29) is 0 Å². The minimum absolute atomic E-state index is 1.27. The minimum Gasteiger partial charge on any atom is -0.0845 e. The quantitative estimate of drug-likeness (QED) is 0.484. The molecule has 1 aliphatic carbocycles. The summed E-state index contributed by atoms with van der Waals surface area (Å²) in [6.45, 7) is 0. The van der Waals surface area contributed by atoms with E-state index in [1.165, 1.54) is 77.0 Å². The highest BCUT2D eigenvalue weighted by Crippen LogP contribution is 2.12. The van der Waals surface area contributed by atoms with E-state index < -0.39 is 0 Å². The van der Waals surface area contributed by atoms with Crippen molar-refractivity contribution in [1.82, 2.24) is 0 Å². The van der Waals surface area contributed by atoms with Crippen LogP contribution in [0.4, 0.5) is 0 Å². The highest BCUT2D eigenvalue weighted by atomic mass is 14.0. The summed E-state index contributed by atoms with van der Waals surface area (Å²) in [6.07, 6.45) is 26.0. The molecule has 0 atom stereocenters. The molecule has 0 spiro atoms. The summed E-state index contributed by atoms with van der Waals surface area (Å²) in [5, 5.41) is 0. The molecule has 1 rings (SSSR count). The molecule has 0 saturated heterocycles. The van der Waals surface area contributed by atoms with Crippen molar-refractivity contribution in [2.45, 2.75) is 77.0 Å². The summed E-state index contributed by atoms with van der Waals surface area (Å²) in [5.41, 5.74) is 0. The number of hydrogen-bond donors (Lipinski definition) is 0. The van der Waals surface area contributed by atoms with Crippen molar-refractivity contribution in [3.8, 4) is 0 Å². The first kappa shape index (κ1) is 13.5. The van der Waals surface area contributed by atoms with Crippen LogP contribution in [0.25, 0.3) is 0 Å². The highest BCUT2D eigenvalue weighted by Gasteiger charge is 1.92. The van der Waals surface area contributed by atoms with Crippen LogP contribution in [0.1, 0.15) is 77.0 Å². The van der Waals surface area contributed by atoms with Gasteiger partial charge in [-0.2, -0.15) is 0 Å². The summed E-state index contributed by atoms with van der Waals surface area (Å²) in [6, 6.07) is 0. The Morgan fingerprint density at radius 1 is 0.375 bits per heavy atom. The van der Waals surface area contributed by atoms with Crippen LogP contribution in [0.3, 0.4) is 0 Å². The molecule has 16 heavy (non-hydrogen) atoms. The Hall–Kier alpha value is -0.520. The minimum atomic E-state index is 1.27. The number of allylic oxidation sites excluding steroid dienone is 4. The summed E-state index contributed by atoms with van der Waals surface area (Å²) in [4.78, 5) is 0. The van der Waals surface area contributed by atoms with Gasteiger partial charge in [0.2, 0.25) is 0 Å². The summed E-state index contributed by atoms with van der Waals surface area (Å²) >= 11 is 0. The third kappa shape index (κ3) is 8.76. The molecule has 0 amide bonds. The van der Waals surface area contributed by atoms with Crippen LogP contribution in [-0.4, -0.2) is 0 Å². The predicted molar refractivity (Wildman–Crippen MR) is 73.7 cm³/mol. The SMILES string of the molecule is C1=C\CCCCCCCCCCCC/C=C/1. The fraction of sp³-hybridized carbons (Fsp3) is 0.750. The maximum absolute atomic E-state index is 2.32. The average Bonchev–Trinajstić information content (AvgIpc) is 2.29. The molecule has 0 fully saturated rings. The van der Waals surface area contributed by atoms with Gasteiger partial charge in [-0.15, -0.1) is 0 Å². The van der Waals surface area contributed by atoms with Gasteiger partial charge in [0.15, 0.2) is 0 Å². The first-order valence-corrected chi connectivity index (χ1v) is 7.32. The molecular formula is C16H28. The summed E-state index contributed by atoms with van der Waals surface area (Å²) in [7, 11) is 0. The Morgan fingerprint density at radius 3 is 1.06 bits per heavy atom. The van der Waals surface area contributed by atoms with Gasteiger partial charge in [-0.1, -0.05) is 75.7 Å². The van der Waals surface area contributed by atoms with Gasteiger partial charge in [-0.05, 0) is 25.7 Å². The molecule has 0 heteroatoms. The Bertz CT molecular complexity index is 166. The monoisotopic (exact) mass is 220 g/mol. The first-order valence-electron chi connectivity index (χ1n) is 7.32. The zero-order chi connectivity index (χ0) is 11.3. The molecule has 0 aromatic heterocycles. The van der Waals surface area contributed by atoms with Crippen LogP contribution >= 0.6 is 0 Å². The molecule has 0 N–H and O–H groups in total. The van der Waals surface area contributed by atoms with Gasteiger partial charge in [0.05, 0.1) is 0 Å². The maximum Gasteiger partial charge on any atom is -0.0348 e. The number of hydrogen-bond acceptors (Lipinski definition) is 0. The lowest BCUT2D eigenvalue weighted by molar-refractivity contribution is 0.553. The van der Waals surface area contributed by atoms with Crippen molar-refractivity contribution in [2.24, 2.45) is 0 Å². The average molecular weight is 220 g/mol. The molecule has 0 bridgehead atoms. The second-order valence-electron chi connectivity index (χ2n) is 4.97. The second kappa shape index (κ2) is 11.0. The van der Waals surface area contributed by atoms with Crippen LogP contribution in [0, 0.1) is 0 Å². The lowest BCUT2D eigenvalue weighted by Gasteiger charge is -2.02. The predicted octanol–water partition coefficient (Wildman–Crippen LogP) is 5.79. The van der Waals surface area contributed by atoms with Crippen molar-refractivity contribution in [3.05, 3.63) is 24.3 Å². The van der Waals surface area contributed by atoms with Crippen LogP contribution < -0.4 is 0 Å². The summed E-state index contributed by atoms with van der Waals surface area (Å²) in [5.74, 6) is 0. The van der Waals surface area contributed by atoms with Crippen molar-refractivity contribution < 1.29 is 0 Å². The van der Waals surface area contributed by atoms with E-state index in [0.29, 0.717) is 0 Å². The van der Waals surface area contributed by atoms with Crippen molar-refractivity contribution in [1.29, 1.82) is 0 Å². The topological polar surface area (TPSA) is 0 Å². The van der Waals surface area contributed by atoms with Gasteiger partial charge in [-0.3, -0.25) is 0 Å². The zero-order valence-electron chi connectivity index (χ0n) is 10.8. The third-order valence-electron chi connectivity index (χ3n) is 3.37. The van der Waals surface area contributed by atoms with Crippen molar-refractivity contribution in [2.75, 3.05) is 0 Å². The molecule has 0 saturated carbocycles. The maximum atomic E-state index is 2.32. The molecule has 0 heterocycles. The van der Waals surface area contributed by atoms with Gasteiger partial charge in [-0.25, -0.2) is 0 Å². The fourth-order valence-electron chi connectivity index (χ4n) is 2.29. The molecule has 92 valence electrons. The van der Waals surface area contributed by atoms with E-state index in [1.807, 2.05) is 0 Å². The lowest BCUT2D eigenvalue weighted by atomic mass is 10.0. The Balaban J connectivity index is 2.15. The molecule has 0 unspecified atom stereocenters. The largest absolute Gasteiger partial charge is 0.0845 e. The normalized spacial score (nSPS) is 26.0. The molecule has 0 aliphatic heterocycles. The van der Waals surface area contributed by atoms with Gasteiger partial charge in [0, 0.05) is 0 Å². The molecular weight excluding hydrogens is 192 g/mol. The van der Waals surface area contributed by atoms with Gasteiger partial charge < -0.3 is 0 Å². The van der Waals surface area contributed by atoms with Crippen LogP contribution in [0.5, 0.6) is 0 Å². The van der Waals surface area contributed by atoms with Crippen molar-refractivity contribution >= 4 is 0 Å². The Kier molecular flexibility index (Phi) is 9.30. The number of rotatable bonds is 0. The van der Waals surface area contributed by atoms with E-state index in [0.717, 1.165) is 0 Å². The first-order chi connectivity index (χ1) is 8.00.